The van der Waals surface area contributed by atoms with Crippen LogP contribution < -0.4 is 11.1 Å². The number of nitrogens with two attached hydrogens (primary N) is 1. The van der Waals surface area contributed by atoms with E-state index in [-0.39, 0.29) is 11.8 Å². The zero-order valence-corrected chi connectivity index (χ0v) is 13.7. The first-order chi connectivity index (χ1) is 11.7. The van der Waals surface area contributed by atoms with Gasteiger partial charge in [0, 0.05) is 31.6 Å². The maximum atomic E-state index is 12.2. The van der Waals surface area contributed by atoms with E-state index < -0.39 is 0 Å². The summed E-state index contributed by atoms with van der Waals surface area (Å²) in [6.45, 7) is 2.50. The van der Waals surface area contributed by atoms with Gasteiger partial charge in [-0.15, -0.1) is 0 Å². The molecule has 1 heterocycles. The van der Waals surface area contributed by atoms with Crippen molar-refractivity contribution < 1.29 is 9.59 Å². The number of hydrogen-bond acceptors (Lipinski definition) is 3. The number of carbonyl (C=O) groups is 2. The second-order valence-electron chi connectivity index (χ2n) is 6.30. The minimum atomic E-state index is -0.144. The standard InChI is InChI=1S/C19H23N3O2/c20-12-14-8-10-22(13-14)18(23)7-9-21-19(24)17-6-5-15-3-1-2-4-16(15)11-17/h1-6,11,14H,7-10,12-13,20H2,(H,21,24). The fourth-order valence-electron chi connectivity index (χ4n) is 3.13. The number of benzene rings is 2. The van der Waals surface area contributed by atoms with Gasteiger partial charge >= 0.3 is 0 Å². The topological polar surface area (TPSA) is 75.4 Å². The summed E-state index contributed by atoms with van der Waals surface area (Å²) in [5.74, 6) is 0.362. The van der Waals surface area contributed by atoms with Crippen molar-refractivity contribution >= 4 is 22.6 Å². The highest BCUT2D eigenvalue weighted by Crippen LogP contribution is 2.16. The van der Waals surface area contributed by atoms with Crippen LogP contribution in [0.2, 0.25) is 0 Å². The zero-order valence-electron chi connectivity index (χ0n) is 13.7. The van der Waals surface area contributed by atoms with Gasteiger partial charge in [-0.2, -0.15) is 0 Å². The Balaban J connectivity index is 1.50. The van der Waals surface area contributed by atoms with Crippen molar-refractivity contribution in [2.75, 3.05) is 26.2 Å². The van der Waals surface area contributed by atoms with Crippen molar-refractivity contribution in [1.29, 1.82) is 0 Å². The molecule has 1 saturated heterocycles. The van der Waals surface area contributed by atoms with E-state index in [2.05, 4.69) is 5.32 Å². The lowest BCUT2D eigenvalue weighted by Crippen LogP contribution is -2.33. The summed E-state index contributed by atoms with van der Waals surface area (Å²) >= 11 is 0. The molecule has 5 nitrogen and oxygen atoms in total. The Morgan fingerprint density at radius 2 is 1.96 bits per heavy atom. The fourth-order valence-corrected chi connectivity index (χ4v) is 3.13. The third kappa shape index (κ3) is 3.74. The summed E-state index contributed by atoms with van der Waals surface area (Å²) in [5, 5.41) is 4.97. The minimum absolute atomic E-state index is 0.0877. The van der Waals surface area contributed by atoms with Crippen LogP contribution in [0.1, 0.15) is 23.2 Å². The summed E-state index contributed by atoms with van der Waals surface area (Å²) in [6.07, 6.45) is 1.31. The molecule has 3 rings (SSSR count). The van der Waals surface area contributed by atoms with Crippen molar-refractivity contribution in [3.8, 4) is 0 Å². The number of carbonyl (C=O) groups excluding carboxylic acids is 2. The van der Waals surface area contributed by atoms with Gasteiger partial charge in [-0.25, -0.2) is 0 Å². The highest BCUT2D eigenvalue weighted by Gasteiger charge is 2.24. The molecule has 1 aliphatic heterocycles. The normalized spacial score (nSPS) is 17.2. The largest absolute Gasteiger partial charge is 0.352 e. The Hall–Kier alpha value is -2.40. The smallest absolute Gasteiger partial charge is 0.251 e. The molecule has 0 aromatic heterocycles. The fraction of sp³-hybridized carbons (Fsp3) is 0.368. The molecule has 3 N–H and O–H groups in total. The first-order valence-electron chi connectivity index (χ1n) is 8.42. The van der Waals surface area contributed by atoms with Crippen molar-refractivity contribution in [2.24, 2.45) is 11.7 Å². The molecule has 0 bridgehead atoms. The summed E-state index contributed by atoms with van der Waals surface area (Å²) in [7, 11) is 0. The van der Waals surface area contributed by atoms with Gasteiger partial charge in [0.15, 0.2) is 0 Å². The van der Waals surface area contributed by atoms with E-state index in [4.69, 9.17) is 5.73 Å². The average Bonchev–Trinajstić information content (AvgIpc) is 3.10. The number of nitrogens with one attached hydrogen (secondary N) is 1. The van der Waals surface area contributed by atoms with Gasteiger partial charge in [-0.05, 0) is 41.8 Å². The van der Waals surface area contributed by atoms with Gasteiger partial charge in [0.2, 0.25) is 5.91 Å². The monoisotopic (exact) mass is 325 g/mol. The second kappa shape index (κ2) is 7.45. The molecule has 0 radical (unpaired) electrons. The summed E-state index contributed by atoms with van der Waals surface area (Å²) < 4.78 is 0. The van der Waals surface area contributed by atoms with Crippen LogP contribution >= 0.6 is 0 Å². The number of rotatable bonds is 5. The van der Waals surface area contributed by atoms with Gasteiger partial charge in [0.1, 0.15) is 0 Å². The second-order valence-corrected chi connectivity index (χ2v) is 6.30. The van der Waals surface area contributed by atoms with Crippen molar-refractivity contribution in [1.82, 2.24) is 10.2 Å². The Bertz CT molecular complexity index is 744. The van der Waals surface area contributed by atoms with E-state index >= 15 is 0 Å². The highest BCUT2D eigenvalue weighted by molar-refractivity contribution is 5.98. The molecular formula is C19H23N3O2. The van der Waals surface area contributed by atoms with Crippen molar-refractivity contribution in [3.63, 3.8) is 0 Å². The van der Waals surface area contributed by atoms with Crippen LogP contribution in [0.15, 0.2) is 42.5 Å². The lowest BCUT2D eigenvalue weighted by Gasteiger charge is -2.16. The van der Waals surface area contributed by atoms with Crippen LogP contribution in [0.5, 0.6) is 0 Å². The Morgan fingerprint density at radius 1 is 1.17 bits per heavy atom. The van der Waals surface area contributed by atoms with E-state index in [0.717, 1.165) is 30.3 Å². The van der Waals surface area contributed by atoms with Gasteiger partial charge in [-0.3, -0.25) is 9.59 Å². The van der Waals surface area contributed by atoms with Crippen LogP contribution in [0.4, 0.5) is 0 Å². The molecule has 2 aromatic rings. The molecule has 1 atom stereocenters. The lowest BCUT2D eigenvalue weighted by atomic mass is 10.1. The number of hydrogen-bond donors (Lipinski definition) is 2. The molecule has 2 amide bonds. The van der Waals surface area contributed by atoms with Crippen LogP contribution in [-0.2, 0) is 4.79 Å². The van der Waals surface area contributed by atoms with E-state index in [1.807, 2.05) is 47.4 Å². The molecular weight excluding hydrogens is 302 g/mol. The maximum Gasteiger partial charge on any atom is 0.251 e. The molecule has 1 aliphatic rings. The number of amides is 2. The molecule has 0 spiro atoms. The van der Waals surface area contributed by atoms with Crippen LogP contribution in [0.25, 0.3) is 10.8 Å². The number of fused-ring (bicyclic) bond motifs is 1. The van der Waals surface area contributed by atoms with Gasteiger partial charge in [-0.1, -0.05) is 30.3 Å². The van der Waals surface area contributed by atoms with E-state index in [1.54, 1.807) is 0 Å². The Morgan fingerprint density at radius 3 is 2.71 bits per heavy atom. The Labute approximate surface area is 141 Å². The first kappa shape index (κ1) is 16.5. The molecule has 0 saturated carbocycles. The summed E-state index contributed by atoms with van der Waals surface area (Å²) in [4.78, 5) is 26.2. The molecule has 1 unspecified atom stereocenters. The minimum Gasteiger partial charge on any atom is -0.352 e. The summed E-state index contributed by atoms with van der Waals surface area (Å²) in [6, 6.07) is 13.5. The average molecular weight is 325 g/mol. The number of likely N-dealkylation sites (tertiary alicyclic amines) is 1. The third-order valence-electron chi connectivity index (χ3n) is 4.61. The Kier molecular flexibility index (Phi) is 5.11. The van der Waals surface area contributed by atoms with Crippen LogP contribution in [0, 0.1) is 5.92 Å². The van der Waals surface area contributed by atoms with Gasteiger partial charge in [0.25, 0.3) is 5.91 Å². The molecule has 5 heteroatoms. The van der Waals surface area contributed by atoms with E-state index in [1.165, 1.54) is 0 Å². The lowest BCUT2D eigenvalue weighted by molar-refractivity contribution is -0.130. The van der Waals surface area contributed by atoms with E-state index in [0.29, 0.717) is 31.0 Å². The third-order valence-corrected chi connectivity index (χ3v) is 4.61. The van der Waals surface area contributed by atoms with Crippen molar-refractivity contribution in [2.45, 2.75) is 12.8 Å². The summed E-state index contributed by atoms with van der Waals surface area (Å²) in [5.41, 5.74) is 6.26. The molecule has 126 valence electrons. The molecule has 1 fully saturated rings. The van der Waals surface area contributed by atoms with Crippen LogP contribution in [-0.4, -0.2) is 42.9 Å². The van der Waals surface area contributed by atoms with Crippen LogP contribution in [0.3, 0.4) is 0 Å². The SMILES string of the molecule is NCC1CCN(C(=O)CCNC(=O)c2ccc3ccccc3c2)C1. The molecule has 2 aromatic carbocycles. The predicted molar refractivity (Wildman–Crippen MR) is 94.6 cm³/mol. The first-order valence-corrected chi connectivity index (χ1v) is 8.42. The maximum absolute atomic E-state index is 12.2. The zero-order chi connectivity index (χ0) is 16.9. The molecule has 24 heavy (non-hydrogen) atoms. The van der Waals surface area contributed by atoms with Gasteiger partial charge in [0.05, 0.1) is 0 Å². The number of nitrogens with zero attached hydrogens (tertiary/aromatic N) is 1. The quantitative estimate of drug-likeness (QED) is 0.880. The molecule has 0 aliphatic carbocycles. The van der Waals surface area contributed by atoms with Gasteiger partial charge < -0.3 is 16.0 Å². The highest BCUT2D eigenvalue weighted by atomic mass is 16.2. The van der Waals surface area contributed by atoms with Crippen molar-refractivity contribution in [3.05, 3.63) is 48.0 Å². The van der Waals surface area contributed by atoms with E-state index in [9.17, 15) is 9.59 Å². The predicted octanol–water partition coefficient (Wildman–Crippen LogP) is 1.77.